The Morgan fingerprint density at radius 2 is 1.58 bits per heavy atom. The lowest BCUT2D eigenvalue weighted by Gasteiger charge is -2.17. The Labute approximate surface area is 143 Å². The number of carbonyl (C=O) groups is 1. The second kappa shape index (κ2) is 9.90. The Balaban J connectivity index is 1.69. The first-order valence-electron chi connectivity index (χ1n) is 8.61. The number of ether oxygens (including phenoxy) is 3. The van der Waals surface area contributed by atoms with Crippen molar-refractivity contribution in [3.63, 3.8) is 0 Å². The van der Waals surface area contributed by atoms with Crippen molar-refractivity contribution in [2.75, 3.05) is 27.4 Å². The third-order valence-corrected chi connectivity index (χ3v) is 4.17. The second-order valence-electron chi connectivity index (χ2n) is 5.99. The van der Waals surface area contributed by atoms with Gasteiger partial charge in [-0.1, -0.05) is 25.7 Å². The molecular weight excluding hydrogens is 308 g/mol. The van der Waals surface area contributed by atoms with E-state index in [1.165, 1.54) is 25.7 Å². The fraction of sp³-hybridized carbons (Fsp3) is 0.611. The van der Waals surface area contributed by atoms with Gasteiger partial charge in [0.1, 0.15) is 23.9 Å². The molecule has 134 valence electrons. The number of carbonyl (C=O) groups excluding carboxylic acids is 1. The standard InChI is InChI=1S/C18H28N2O4/c1-22-15-11-16(23-2)13-17(12-15)24-10-9-19-18(21)20-14-7-5-3-4-6-8-14/h11-14H,3-10H2,1-2H3,(H2,19,20,21). The summed E-state index contributed by atoms with van der Waals surface area (Å²) in [5.41, 5.74) is 0. The van der Waals surface area contributed by atoms with Crippen molar-refractivity contribution in [1.29, 1.82) is 0 Å². The normalized spacial score (nSPS) is 15.2. The molecule has 1 aromatic rings. The van der Waals surface area contributed by atoms with E-state index in [4.69, 9.17) is 14.2 Å². The van der Waals surface area contributed by atoms with Gasteiger partial charge in [0, 0.05) is 24.2 Å². The molecule has 0 spiro atoms. The first-order chi connectivity index (χ1) is 11.7. The van der Waals surface area contributed by atoms with E-state index in [0.29, 0.717) is 36.4 Å². The van der Waals surface area contributed by atoms with E-state index < -0.39 is 0 Å². The summed E-state index contributed by atoms with van der Waals surface area (Å²) < 4.78 is 16.0. The molecule has 24 heavy (non-hydrogen) atoms. The Morgan fingerprint density at radius 3 is 2.17 bits per heavy atom. The maximum absolute atomic E-state index is 11.9. The molecule has 0 atom stereocenters. The number of hydrogen-bond donors (Lipinski definition) is 2. The lowest BCUT2D eigenvalue weighted by molar-refractivity contribution is 0.231. The number of methoxy groups -OCH3 is 2. The Hall–Kier alpha value is -2.11. The van der Waals surface area contributed by atoms with Crippen LogP contribution in [0.25, 0.3) is 0 Å². The average Bonchev–Trinajstić information content (AvgIpc) is 2.87. The fourth-order valence-electron chi connectivity index (χ4n) is 2.86. The van der Waals surface area contributed by atoms with Crippen molar-refractivity contribution in [2.45, 2.75) is 44.6 Å². The van der Waals surface area contributed by atoms with Gasteiger partial charge in [0.05, 0.1) is 20.8 Å². The average molecular weight is 336 g/mol. The molecule has 2 rings (SSSR count). The minimum atomic E-state index is -0.117. The van der Waals surface area contributed by atoms with Gasteiger partial charge in [0.2, 0.25) is 0 Å². The number of urea groups is 1. The van der Waals surface area contributed by atoms with Crippen LogP contribution in [0, 0.1) is 0 Å². The van der Waals surface area contributed by atoms with Gasteiger partial charge in [-0.3, -0.25) is 0 Å². The van der Waals surface area contributed by atoms with Gasteiger partial charge in [-0.25, -0.2) is 4.79 Å². The van der Waals surface area contributed by atoms with E-state index in [1.54, 1.807) is 32.4 Å². The molecule has 0 radical (unpaired) electrons. The zero-order valence-corrected chi connectivity index (χ0v) is 14.6. The van der Waals surface area contributed by atoms with Crippen molar-refractivity contribution in [1.82, 2.24) is 10.6 Å². The molecule has 1 fully saturated rings. The number of hydrogen-bond acceptors (Lipinski definition) is 4. The molecule has 0 saturated heterocycles. The molecule has 2 N–H and O–H groups in total. The van der Waals surface area contributed by atoms with Crippen LogP contribution in [0.2, 0.25) is 0 Å². The smallest absolute Gasteiger partial charge is 0.315 e. The van der Waals surface area contributed by atoms with Crippen LogP contribution in [0.3, 0.4) is 0 Å². The quantitative estimate of drug-likeness (QED) is 0.593. The number of benzene rings is 1. The number of nitrogens with one attached hydrogen (secondary N) is 2. The van der Waals surface area contributed by atoms with Crippen molar-refractivity contribution < 1.29 is 19.0 Å². The summed E-state index contributed by atoms with van der Waals surface area (Å²) >= 11 is 0. The van der Waals surface area contributed by atoms with Gasteiger partial charge in [-0.05, 0) is 12.8 Å². The monoisotopic (exact) mass is 336 g/mol. The van der Waals surface area contributed by atoms with Crippen molar-refractivity contribution >= 4 is 6.03 Å². The Morgan fingerprint density at radius 1 is 1.00 bits per heavy atom. The lowest BCUT2D eigenvalue weighted by Crippen LogP contribution is -2.43. The van der Waals surface area contributed by atoms with E-state index in [0.717, 1.165) is 12.8 Å². The predicted octanol–water partition coefficient (Wildman–Crippen LogP) is 3.10. The van der Waals surface area contributed by atoms with E-state index >= 15 is 0 Å². The van der Waals surface area contributed by atoms with Crippen molar-refractivity contribution in [2.24, 2.45) is 0 Å². The first kappa shape index (κ1) is 18.2. The van der Waals surface area contributed by atoms with Crippen LogP contribution in [-0.2, 0) is 0 Å². The van der Waals surface area contributed by atoms with Crippen LogP contribution in [0.15, 0.2) is 18.2 Å². The summed E-state index contributed by atoms with van der Waals surface area (Å²) in [6.45, 7) is 0.826. The maximum atomic E-state index is 11.9. The number of amides is 2. The summed E-state index contributed by atoms with van der Waals surface area (Å²) in [4.78, 5) is 11.9. The molecule has 1 saturated carbocycles. The van der Waals surface area contributed by atoms with Gasteiger partial charge in [0.25, 0.3) is 0 Å². The van der Waals surface area contributed by atoms with Gasteiger partial charge in [0.15, 0.2) is 0 Å². The highest BCUT2D eigenvalue weighted by molar-refractivity contribution is 5.74. The maximum Gasteiger partial charge on any atom is 0.315 e. The molecule has 2 amide bonds. The Kier molecular flexibility index (Phi) is 7.52. The lowest BCUT2D eigenvalue weighted by atomic mass is 10.1. The largest absolute Gasteiger partial charge is 0.496 e. The first-order valence-corrected chi connectivity index (χ1v) is 8.61. The van der Waals surface area contributed by atoms with Gasteiger partial charge >= 0.3 is 6.03 Å². The molecule has 6 nitrogen and oxygen atoms in total. The predicted molar refractivity (Wildman–Crippen MR) is 93.1 cm³/mol. The van der Waals surface area contributed by atoms with E-state index in [-0.39, 0.29) is 6.03 Å². The molecular formula is C18H28N2O4. The van der Waals surface area contributed by atoms with E-state index in [2.05, 4.69) is 10.6 Å². The minimum absolute atomic E-state index is 0.117. The fourth-order valence-corrected chi connectivity index (χ4v) is 2.86. The third-order valence-electron chi connectivity index (χ3n) is 4.17. The SMILES string of the molecule is COc1cc(OC)cc(OCCNC(=O)NC2CCCCCC2)c1. The molecule has 0 heterocycles. The third kappa shape index (κ3) is 6.18. The van der Waals surface area contributed by atoms with Crippen LogP contribution >= 0.6 is 0 Å². The van der Waals surface area contributed by atoms with Crippen LogP contribution in [0.1, 0.15) is 38.5 Å². The van der Waals surface area contributed by atoms with Gasteiger partial charge in [-0.2, -0.15) is 0 Å². The molecule has 1 aliphatic rings. The van der Waals surface area contributed by atoms with E-state index in [1.807, 2.05) is 0 Å². The highest BCUT2D eigenvalue weighted by atomic mass is 16.5. The molecule has 0 aliphatic heterocycles. The van der Waals surface area contributed by atoms with Crippen LogP contribution in [-0.4, -0.2) is 39.4 Å². The minimum Gasteiger partial charge on any atom is -0.496 e. The van der Waals surface area contributed by atoms with Crippen LogP contribution < -0.4 is 24.8 Å². The summed E-state index contributed by atoms with van der Waals surface area (Å²) in [6, 6.07) is 5.54. The van der Waals surface area contributed by atoms with Crippen LogP contribution in [0.5, 0.6) is 17.2 Å². The number of rotatable bonds is 7. The van der Waals surface area contributed by atoms with E-state index in [9.17, 15) is 4.79 Å². The summed E-state index contributed by atoms with van der Waals surface area (Å²) in [6.07, 6.45) is 7.10. The molecule has 6 heteroatoms. The zero-order chi connectivity index (χ0) is 17.2. The summed E-state index contributed by atoms with van der Waals surface area (Å²) in [5, 5.41) is 5.89. The topological polar surface area (TPSA) is 68.8 Å². The Bertz CT molecular complexity index is 491. The molecule has 1 aromatic carbocycles. The summed E-state index contributed by atoms with van der Waals surface area (Å²) in [5.74, 6) is 1.99. The van der Waals surface area contributed by atoms with Gasteiger partial charge in [-0.15, -0.1) is 0 Å². The highest BCUT2D eigenvalue weighted by Crippen LogP contribution is 2.27. The second-order valence-corrected chi connectivity index (χ2v) is 5.99. The highest BCUT2D eigenvalue weighted by Gasteiger charge is 2.14. The molecule has 0 aromatic heterocycles. The van der Waals surface area contributed by atoms with Crippen molar-refractivity contribution in [3.05, 3.63) is 18.2 Å². The zero-order valence-electron chi connectivity index (χ0n) is 14.6. The van der Waals surface area contributed by atoms with Gasteiger partial charge < -0.3 is 24.8 Å². The van der Waals surface area contributed by atoms with Crippen molar-refractivity contribution in [3.8, 4) is 17.2 Å². The molecule has 0 unspecified atom stereocenters. The van der Waals surface area contributed by atoms with Crippen LogP contribution in [0.4, 0.5) is 4.79 Å². The molecule has 0 bridgehead atoms. The summed E-state index contributed by atoms with van der Waals surface area (Å²) in [7, 11) is 3.19. The molecule has 1 aliphatic carbocycles.